The van der Waals surface area contributed by atoms with Gasteiger partial charge in [0.2, 0.25) is 5.91 Å². The van der Waals surface area contributed by atoms with Crippen LogP contribution in [-0.4, -0.2) is 78.3 Å². The first-order valence-electron chi connectivity index (χ1n) is 10.7. The SMILES string of the molecule is CN1CCc2nc(C3CCCN(C(=O)COCC4CCCCO4)C3)ncc2C1. The van der Waals surface area contributed by atoms with Gasteiger partial charge in [0.25, 0.3) is 0 Å². The predicted octanol–water partition coefficient (Wildman–Crippen LogP) is 1.76. The number of nitrogens with zero attached hydrogens (tertiary/aromatic N) is 4. The molecular weight excluding hydrogens is 356 g/mol. The zero-order valence-corrected chi connectivity index (χ0v) is 16.9. The fraction of sp³-hybridized carbons (Fsp3) is 0.762. The van der Waals surface area contributed by atoms with Gasteiger partial charge in [-0.1, -0.05) is 0 Å². The number of carbonyl (C=O) groups is 1. The number of rotatable bonds is 5. The molecule has 0 saturated carbocycles. The maximum absolute atomic E-state index is 12.6. The molecule has 154 valence electrons. The molecule has 7 nitrogen and oxygen atoms in total. The largest absolute Gasteiger partial charge is 0.376 e. The van der Waals surface area contributed by atoms with Crippen molar-refractivity contribution in [2.75, 3.05) is 46.5 Å². The number of piperidine rings is 1. The summed E-state index contributed by atoms with van der Waals surface area (Å²) >= 11 is 0. The van der Waals surface area contributed by atoms with E-state index < -0.39 is 0 Å². The number of carbonyl (C=O) groups excluding carboxylic acids is 1. The van der Waals surface area contributed by atoms with E-state index in [0.29, 0.717) is 13.2 Å². The van der Waals surface area contributed by atoms with Crippen LogP contribution in [0.25, 0.3) is 0 Å². The van der Waals surface area contributed by atoms with Gasteiger partial charge in [0, 0.05) is 62.6 Å². The van der Waals surface area contributed by atoms with Crippen molar-refractivity contribution in [3.8, 4) is 0 Å². The van der Waals surface area contributed by atoms with E-state index in [1.54, 1.807) is 0 Å². The Morgan fingerprint density at radius 2 is 2.21 bits per heavy atom. The van der Waals surface area contributed by atoms with E-state index in [2.05, 4.69) is 16.9 Å². The molecule has 2 fully saturated rings. The first-order valence-corrected chi connectivity index (χ1v) is 10.7. The molecule has 0 spiro atoms. The minimum atomic E-state index is 0.0695. The quantitative estimate of drug-likeness (QED) is 0.766. The smallest absolute Gasteiger partial charge is 0.248 e. The third kappa shape index (κ3) is 4.88. The average molecular weight is 389 g/mol. The van der Waals surface area contributed by atoms with E-state index in [-0.39, 0.29) is 24.5 Å². The highest BCUT2D eigenvalue weighted by Gasteiger charge is 2.28. The number of hydrogen-bond donors (Lipinski definition) is 0. The molecule has 3 aliphatic rings. The molecule has 3 aliphatic heterocycles. The maximum atomic E-state index is 12.6. The Morgan fingerprint density at radius 3 is 3.07 bits per heavy atom. The Kier molecular flexibility index (Phi) is 6.54. The third-order valence-corrected chi connectivity index (χ3v) is 6.09. The van der Waals surface area contributed by atoms with Gasteiger partial charge in [-0.15, -0.1) is 0 Å². The molecule has 2 unspecified atom stereocenters. The lowest BCUT2D eigenvalue weighted by atomic mass is 9.96. The molecule has 2 saturated heterocycles. The molecule has 0 radical (unpaired) electrons. The molecule has 4 rings (SSSR count). The summed E-state index contributed by atoms with van der Waals surface area (Å²) in [5, 5.41) is 0. The van der Waals surface area contributed by atoms with Crippen molar-refractivity contribution in [1.82, 2.24) is 19.8 Å². The molecule has 1 aromatic heterocycles. The molecular formula is C21H32N4O3. The van der Waals surface area contributed by atoms with Crippen molar-refractivity contribution in [2.24, 2.45) is 0 Å². The Hall–Kier alpha value is -1.57. The van der Waals surface area contributed by atoms with Crippen LogP contribution in [0.5, 0.6) is 0 Å². The topological polar surface area (TPSA) is 67.8 Å². The second-order valence-electron chi connectivity index (χ2n) is 8.37. The van der Waals surface area contributed by atoms with Crippen molar-refractivity contribution in [1.29, 1.82) is 0 Å². The van der Waals surface area contributed by atoms with Gasteiger partial charge >= 0.3 is 0 Å². The van der Waals surface area contributed by atoms with E-state index in [1.807, 2.05) is 11.1 Å². The summed E-state index contributed by atoms with van der Waals surface area (Å²) in [7, 11) is 2.13. The summed E-state index contributed by atoms with van der Waals surface area (Å²) in [6, 6.07) is 0. The summed E-state index contributed by atoms with van der Waals surface area (Å²) in [5.41, 5.74) is 2.42. The molecule has 7 heteroatoms. The highest BCUT2D eigenvalue weighted by atomic mass is 16.5. The van der Waals surface area contributed by atoms with Gasteiger partial charge in [-0.3, -0.25) is 4.79 Å². The number of aromatic nitrogens is 2. The van der Waals surface area contributed by atoms with Crippen LogP contribution in [0.1, 0.15) is 55.1 Å². The van der Waals surface area contributed by atoms with Crippen LogP contribution in [0.3, 0.4) is 0 Å². The summed E-state index contributed by atoms with van der Waals surface area (Å²) in [6.45, 7) is 4.94. The molecule has 1 amide bonds. The number of hydrogen-bond acceptors (Lipinski definition) is 6. The van der Waals surface area contributed by atoms with Gasteiger partial charge in [0.05, 0.1) is 12.7 Å². The van der Waals surface area contributed by atoms with Crippen molar-refractivity contribution < 1.29 is 14.3 Å². The first-order chi connectivity index (χ1) is 13.7. The number of ether oxygens (including phenoxy) is 2. The van der Waals surface area contributed by atoms with Crippen LogP contribution in [0.15, 0.2) is 6.20 Å². The molecule has 0 bridgehead atoms. The van der Waals surface area contributed by atoms with Crippen LogP contribution in [0.2, 0.25) is 0 Å². The second-order valence-corrected chi connectivity index (χ2v) is 8.37. The number of fused-ring (bicyclic) bond motifs is 1. The Morgan fingerprint density at radius 1 is 1.29 bits per heavy atom. The van der Waals surface area contributed by atoms with Gasteiger partial charge < -0.3 is 19.3 Å². The van der Waals surface area contributed by atoms with Gasteiger partial charge in [-0.25, -0.2) is 9.97 Å². The zero-order valence-electron chi connectivity index (χ0n) is 16.9. The molecule has 0 aliphatic carbocycles. The van der Waals surface area contributed by atoms with E-state index in [1.165, 1.54) is 17.7 Å². The van der Waals surface area contributed by atoms with Gasteiger partial charge in [-0.05, 0) is 39.2 Å². The lowest BCUT2D eigenvalue weighted by Crippen LogP contribution is -2.42. The van der Waals surface area contributed by atoms with Crippen LogP contribution in [-0.2, 0) is 27.2 Å². The van der Waals surface area contributed by atoms with Gasteiger partial charge in [-0.2, -0.15) is 0 Å². The third-order valence-electron chi connectivity index (χ3n) is 6.09. The zero-order chi connectivity index (χ0) is 19.3. The molecule has 2 atom stereocenters. The summed E-state index contributed by atoms with van der Waals surface area (Å²) in [4.78, 5) is 26.3. The highest BCUT2D eigenvalue weighted by Crippen LogP contribution is 2.26. The van der Waals surface area contributed by atoms with Gasteiger partial charge in [0.15, 0.2) is 0 Å². The van der Waals surface area contributed by atoms with Crippen molar-refractivity contribution in [2.45, 2.75) is 57.1 Å². The summed E-state index contributed by atoms with van der Waals surface area (Å²) in [5.74, 6) is 1.20. The fourth-order valence-electron chi connectivity index (χ4n) is 4.39. The lowest BCUT2D eigenvalue weighted by molar-refractivity contribution is -0.139. The lowest BCUT2D eigenvalue weighted by Gasteiger charge is -2.33. The van der Waals surface area contributed by atoms with Crippen LogP contribution >= 0.6 is 0 Å². The van der Waals surface area contributed by atoms with Crippen LogP contribution < -0.4 is 0 Å². The highest BCUT2D eigenvalue weighted by molar-refractivity contribution is 5.77. The number of likely N-dealkylation sites (tertiary alicyclic amines) is 1. The Bertz CT molecular complexity index is 678. The normalized spacial score (nSPS) is 26.1. The van der Waals surface area contributed by atoms with E-state index in [4.69, 9.17) is 14.5 Å². The summed E-state index contributed by atoms with van der Waals surface area (Å²) < 4.78 is 11.3. The minimum Gasteiger partial charge on any atom is -0.376 e. The second kappa shape index (κ2) is 9.29. The van der Waals surface area contributed by atoms with E-state index in [9.17, 15) is 4.79 Å². The van der Waals surface area contributed by atoms with Crippen LogP contribution in [0, 0.1) is 0 Å². The molecule has 0 aromatic carbocycles. The van der Waals surface area contributed by atoms with Crippen molar-refractivity contribution >= 4 is 5.91 Å². The number of amides is 1. The maximum Gasteiger partial charge on any atom is 0.248 e. The standard InChI is InChI=1S/C21H32N4O3/c1-24-9-7-19-17(12-24)11-22-21(23-19)16-5-4-8-25(13-16)20(26)15-27-14-18-6-2-3-10-28-18/h11,16,18H,2-10,12-15H2,1H3. The Labute approximate surface area is 167 Å². The number of likely N-dealkylation sites (N-methyl/N-ethyl adjacent to an activating group) is 1. The van der Waals surface area contributed by atoms with Crippen molar-refractivity contribution in [3.63, 3.8) is 0 Å². The van der Waals surface area contributed by atoms with Crippen molar-refractivity contribution in [3.05, 3.63) is 23.3 Å². The fourth-order valence-corrected chi connectivity index (χ4v) is 4.39. The van der Waals surface area contributed by atoms with Gasteiger partial charge in [0.1, 0.15) is 12.4 Å². The molecule has 4 heterocycles. The average Bonchev–Trinajstić information content (AvgIpc) is 2.74. The molecule has 0 N–H and O–H groups in total. The molecule has 28 heavy (non-hydrogen) atoms. The minimum absolute atomic E-state index is 0.0695. The predicted molar refractivity (Wildman–Crippen MR) is 105 cm³/mol. The van der Waals surface area contributed by atoms with E-state index >= 15 is 0 Å². The first kappa shape index (κ1) is 19.7. The molecule has 1 aromatic rings. The Balaban J connectivity index is 1.29. The summed E-state index contributed by atoms with van der Waals surface area (Å²) in [6.07, 6.45) is 8.50. The van der Waals surface area contributed by atoms with E-state index in [0.717, 1.165) is 64.2 Å². The van der Waals surface area contributed by atoms with Crippen LogP contribution in [0.4, 0.5) is 0 Å². The monoisotopic (exact) mass is 388 g/mol.